The van der Waals surface area contributed by atoms with Gasteiger partial charge in [0.15, 0.2) is 0 Å². The van der Waals surface area contributed by atoms with Crippen molar-refractivity contribution in [1.82, 2.24) is 15.1 Å². The summed E-state index contributed by atoms with van der Waals surface area (Å²) in [4.78, 5) is 15.7. The Morgan fingerprint density at radius 3 is 2.86 bits per heavy atom. The van der Waals surface area contributed by atoms with E-state index in [9.17, 15) is 9.18 Å². The molecule has 1 heterocycles. The highest BCUT2D eigenvalue weighted by Gasteiger charge is 2.18. The molecule has 6 heteroatoms. The van der Waals surface area contributed by atoms with Gasteiger partial charge in [-0.2, -0.15) is 5.26 Å². The quantitative estimate of drug-likeness (QED) is 0.880. The molecule has 1 aliphatic rings. The maximum atomic E-state index is 13.7. The van der Waals surface area contributed by atoms with Gasteiger partial charge in [-0.15, -0.1) is 0 Å². The maximum absolute atomic E-state index is 13.7. The number of halogens is 1. The Morgan fingerprint density at radius 2 is 2.19 bits per heavy atom. The van der Waals surface area contributed by atoms with Crippen LogP contribution in [0.3, 0.4) is 0 Å². The van der Waals surface area contributed by atoms with Crippen molar-refractivity contribution >= 4 is 5.91 Å². The molecule has 112 valence electrons. The molecule has 1 aromatic carbocycles. The average molecular weight is 290 g/mol. The van der Waals surface area contributed by atoms with Crippen molar-refractivity contribution in [3.63, 3.8) is 0 Å². The van der Waals surface area contributed by atoms with Crippen LogP contribution in [-0.4, -0.2) is 55.5 Å². The molecule has 0 aromatic heterocycles. The Hall–Kier alpha value is -1.97. The molecule has 5 nitrogen and oxygen atoms in total. The molecule has 0 aliphatic carbocycles. The highest BCUT2D eigenvalue weighted by atomic mass is 19.1. The van der Waals surface area contributed by atoms with Gasteiger partial charge in [0.1, 0.15) is 5.82 Å². The number of carbonyl (C=O) groups is 1. The van der Waals surface area contributed by atoms with Crippen LogP contribution in [0.15, 0.2) is 18.2 Å². The lowest BCUT2D eigenvalue weighted by Crippen LogP contribution is -2.49. The molecule has 1 saturated heterocycles. The first-order valence-corrected chi connectivity index (χ1v) is 6.95. The number of hydrogen-bond donors (Lipinski definition) is 1. The molecule has 2 rings (SSSR count). The van der Waals surface area contributed by atoms with E-state index in [-0.39, 0.29) is 18.3 Å². The summed E-state index contributed by atoms with van der Waals surface area (Å²) in [5.41, 5.74) is 0.859. The molecule has 1 N–H and O–H groups in total. The van der Waals surface area contributed by atoms with Gasteiger partial charge in [-0.25, -0.2) is 4.39 Å². The van der Waals surface area contributed by atoms with Crippen molar-refractivity contribution < 1.29 is 9.18 Å². The van der Waals surface area contributed by atoms with Gasteiger partial charge in [-0.05, 0) is 25.2 Å². The van der Waals surface area contributed by atoms with Gasteiger partial charge >= 0.3 is 0 Å². The number of hydrogen-bond acceptors (Lipinski definition) is 4. The Bertz CT molecular complexity index is 549. The van der Waals surface area contributed by atoms with E-state index in [1.165, 1.54) is 18.2 Å². The van der Waals surface area contributed by atoms with Gasteiger partial charge in [-0.1, -0.05) is 0 Å². The lowest BCUT2D eigenvalue weighted by atomic mass is 10.1. The Labute approximate surface area is 123 Å². The summed E-state index contributed by atoms with van der Waals surface area (Å²) in [5, 5.41) is 12.0. The van der Waals surface area contributed by atoms with E-state index in [1.54, 1.807) is 11.9 Å². The molecule has 21 heavy (non-hydrogen) atoms. The summed E-state index contributed by atoms with van der Waals surface area (Å²) in [6, 6.07) is 6.26. The van der Waals surface area contributed by atoms with Crippen LogP contribution in [0.1, 0.15) is 11.1 Å². The number of amides is 1. The lowest BCUT2D eigenvalue weighted by Gasteiger charge is -2.29. The van der Waals surface area contributed by atoms with Crippen LogP contribution in [0.25, 0.3) is 0 Å². The zero-order valence-corrected chi connectivity index (χ0v) is 12.1. The molecule has 0 saturated carbocycles. The first-order chi connectivity index (χ1) is 10.1. The van der Waals surface area contributed by atoms with Crippen LogP contribution < -0.4 is 5.32 Å². The molecule has 0 radical (unpaired) electrons. The summed E-state index contributed by atoms with van der Waals surface area (Å²) >= 11 is 0. The summed E-state index contributed by atoms with van der Waals surface area (Å²) in [5.74, 6) is -0.300. The predicted molar refractivity (Wildman–Crippen MR) is 76.9 cm³/mol. The van der Waals surface area contributed by atoms with E-state index in [4.69, 9.17) is 5.26 Å². The molecule has 0 atom stereocenters. The van der Waals surface area contributed by atoms with Crippen LogP contribution >= 0.6 is 0 Å². The number of rotatable bonds is 4. The van der Waals surface area contributed by atoms with Crippen molar-refractivity contribution in [2.24, 2.45) is 0 Å². The summed E-state index contributed by atoms with van der Waals surface area (Å²) in [7, 11) is 1.78. The van der Waals surface area contributed by atoms with E-state index in [0.717, 1.165) is 13.1 Å². The molecular formula is C15H19FN4O. The van der Waals surface area contributed by atoms with Gasteiger partial charge < -0.3 is 10.2 Å². The van der Waals surface area contributed by atoms with Gasteiger partial charge in [-0.3, -0.25) is 9.69 Å². The van der Waals surface area contributed by atoms with Crippen LogP contribution in [0.2, 0.25) is 0 Å². The highest BCUT2D eigenvalue weighted by Crippen LogP contribution is 2.12. The molecule has 1 aromatic rings. The lowest BCUT2D eigenvalue weighted by molar-refractivity contribution is -0.132. The first kappa shape index (κ1) is 15.4. The average Bonchev–Trinajstić information content (AvgIpc) is 2.50. The molecule has 1 fully saturated rings. The molecule has 1 aliphatic heterocycles. The monoisotopic (exact) mass is 290 g/mol. The van der Waals surface area contributed by atoms with Crippen molar-refractivity contribution in [3.8, 4) is 6.07 Å². The number of nitrogens with one attached hydrogen (secondary N) is 1. The third kappa shape index (κ3) is 4.25. The van der Waals surface area contributed by atoms with Crippen LogP contribution in [0, 0.1) is 17.1 Å². The Balaban J connectivity index is 1.93. The minimum Gasteiger partial charge on any atom is -0.339 e. The Morgan fingerprint density at radius 1 is 1.48 bits per heavy atom. The van der Waals surface area contributed by atoms with Crippen molar-refractivity contribution in [1.29, 1.82) is 5.26 Å². The largest absolute Gasteiger partial charge is 0.339 e. The normalized spacial score (nSPS) is 15.0. The third-order valence-corrected chi connectivity index (χ3v) is 3.49. The van der Waals surface area contributed by atoms with Crippen molar-refractivity contribution in [2.75, 3.05) is 39.8 Å². The number of nitriles is 1. The fourth-order valence-electron chi connectivity index (χ4n) is 2.36. The fraction of sp³-hybridized carbons (Fsp3) is 0.467. The summed E-state index contributed by atoms with van der Waals surface area (Å²) < 4.78 is 13.7. The zero-order valence-electron chi connectivity index (χ0n) is 12.1. The molecule has 0 bridgehead atoms. The smallest absolute Gasteiger partial charge is 0.236 e. The van der Waals surface area contributed by atoms with Crippen LogP contribution in [0.5, 0.6) is 0 Å². The molecule has 1 amide bonds. The van der Waals surface area contributed by atoms with E-state index in [0.29, 0.717) is 30.8 Å². The van der Waals surface area contributed by atoms with Gasteiger partial charge in [0.25, 0.3) is 0 Å². The van der Waals surface area contributed by atoms with Crippen molar-refractivity contribution in [3.05, 3.63) is 35.1 Å². The summed E-state index contributed by atoms with van der Waals surface area (Å²) in [6.45, 7) is 3.61. The Kier molecular flexibility index (Phi) is 5.26. The number of benzene rings is 1. The third-order valence-electron chi connectivity index (χ3n) is 3.49. The zero-order chi connectivity index (χ0) is 15.2. The SMILES string of the molecule is CN(CC(=O)N1CCNCC1)Cc1cc(C#N)ccc1F. The van der Waals surface area contributed by atoms with Gasteiger partial charge in [0, 0.05) is 38.3 Å². The minimum atomic E-state index is -0.351. The second kappa shape index (κ2) is 7.16. The first-order valence-electron chi connectivity index (χ1n) is 6.95. The van der Waals surface area contributed by atoms with Crippen molar-refractivity contribution in [2.45, 2.75) is 6.54 Å². The number of carbonyl (C=O) groups excluding carboxylic acids is 1. The van der Waals surface area contributed by atoms with E-state index >= 15 is 0 Å². The van der Waals surface area contributed by atoms with Gasteiger partial charge in [0.05, 0.1) is 18.2 Å². The second-order valence-electron chi connectivity index (χ2n) is 5.22. The van der Waals surface area contributed by atoms with Crippen LogP contribution in [-0.2, 0) is 11.3 Å². The van der Waals surface area contributed by atoms with E-state index in [1.807, 2.05) is 11.0 Å². The number of nitrogens with zero attached hydrogens (tertiary/aromatic N) is 3. The molecular weight excluding hydrogens is 271 g/mol. The predicted octanol–water partition coefficient (Wildman–Crippen LogP) is 0.561. The highest BCUT2D eigenvalue weighted by molar-refractivity contribution is 5.78. The standard InChI is InChI=1S/C15H19FN4O/c1-19(11-15(21)20-6-4-18-5-7-20)10-13-8-12(9-17)2-3-14(13)16/h2-3,8,18H,4-7,10-11H2,1H3. The maximum Gasteiger partial charge on any atom is 0.236 e. The molecule has 0 unspecified atom stereocenters. The second-order valence-corrected chi connectivity index (χ2v) is 5.22. The topological polar surface area (TPSA) is 59.4 Å². The molecule has 0 spiro atoms. The van der Waals surface area contributed by atoms with Gasteiger partial charge in [0.2, 0.25) is 5.91 Å². The van der Waals surface area contributed by atoms with Crippen LogP contribution in [0.4, 0.5) is 4.39 Å². The van der Waals surface area contributed by atoms with E-state index in [2.05, 4.69) is 5.32 Å². The number of likely N-dealkylation sites (N-methyl/N-ethyl adjacent to an activating group) is 1. The van der Waals surface area contributed by atoms with E-state index < -0.39 is 0 Å². The number of piperazine rings is 1. The minimum absolute atomic E-state index is 0.0517. The fourth-order valence-corrected chi connectivity index (χ4v) is 2.36. The summed E-state index contributed by atoms with van der Waals surface area (Å²) in [6.07, 6.45) is 0.